The highest BCUT2D eigenvalue weighted by atomic mass is 32.2. The number of benzene rings is 2. The third-order valence-electron chi connectivity index (χ3n) is 5.20. The van der Waals surface area contributed by atoms with Crippen LogP contribution in [-0.4, -0.2) is 38.9 Å². The quantitative estimate of drug-likeness (QED) is 0.417. The Kier molecular flexibility index (Phi) is 8.70. The number of aromatic nitrogens is 3. The topological polar surface area (TPSA) is 98.1 Å². The standard InChI is InChI=1S/C25H31N5O3S/c1-6-33-20-13-11-19(12-14-20)26-21(31)15-34-25-29-28-23(30(25)5)22(16(2)3)27-24(32)18-9-7-17(4)8-10-18/h7-14,16,22H,6,15H2,1-5H3,(H,26,31)(H,27,32)/t22-/m0/s1. The molecule has 2 N–H and O–H groups in total. The van der Waals surface area contributed by atoms with Crippen molar-refractivity contribution in [3.05, 3.63) is 65.5 Å². The number of hydrogen-bond acceptors (Lipinski definition) is 6. The van der Waals surface area contributed by atoms with E-state index in [-0.39, 0.29) is 29.5 Å². The van der Waals surface area contributed by atoms with Crippen LogP contribution in [0.2, 0.25) is 0 Å². The highest BCUT2D eigenvalue weighted by Gasteiger charge is 2.25. The average Bonchev–Trinajstić information content (AvgIpc) is 3.17. The third kappa shape index (κ3) is 6.60. The van der Waals surface area contributed by atoms with E-state index in [0.29, 0.717) is 28.8 Å². The van der Waals surface area contributed by atoms with Crippen LogP contribution < -0.4 is 15.4 Å². The van der Waals surface area contributed by atoms with Crippen molar-refractivity contribution in [2.24, 2.45) is 13.0 Å². The van der Waals surface area contributed by atoms with Gasteiger partial charge >= 0.3 is 0 Å². The molecule has 0 aliphatic heterocycles. The Morgan fingerprint density at radius 2 is 1.74 bits per heavy atom. The van der Waals surface area contributed by atoms with Crippen LogP contribution in [0.1, 0.15) is 48.6 Å². The van der Waals surface area contributed by atoms with Crippen LogP contribution in [0.3, 0.4) is 0 Å². The molecule has 9 heteroatoms. The van der Waals surface area contributed by atoms with Crippen LogP contribution in [0.5, 0.6) is 5.75 Å². The summed E-state index contributed by atoms with van der Waals surface area (Å²) in [5.74, 6) is 1.37. The van der Waals surface area contributed by atoms with Crippen molar-refractivity contribution in [3.63, 3.8) is 0 Å². The molecule has 3 rings (SSSR count). The van der Waals surface area contributed by atoms with Gasteiger partial charge in [-0.05, 0) is 56.2 Å². The summed E-state index contributed by atoms with van der Waals surface area (Å²) in [6.07, 6.45) is 0. The van der Waals surface area contributed by atoms with Gasteiger partial charge in [0.1, 0.15) is 5.75 Å². The van der Waals surface area contributed by atoms with Crippen molar-refractivity contribution < 1.29 is 14.3 Å². The van der Waals surface area contributed by atoms with Gasteiger partial charge in [-0.15, -0.1) is 10.2 Å². The van der Waals surface area contributed by atoms with Gasteiger partial charge in [0.15, 0.2) is 11.0 Å². The Balaban J connectivity index is 1.62. The van der Waals surface area contributed by atoms with Gasteiger partial charge in [0, 0.05) is 18.3 Å². The number of carbonyl (C=O) groups is 2. The SMILES string of the molecule is CCOc1ccc(NC(=O)CSc2nnc([C@@H](NC(=O)c3ccc(C)cc3)C(C)C)n2C)cc1. The maximum absolute atomic E-state index is 12.8. The summed E-state index contributed by atoms with van der Waals surface area (Å²) < 4.78 is 7.24. The molecule has 3 aromatic rings. The lowest BCUT2D eigenvalue weighted by atomic mass is 10.0. The summed E-state index contributed by atoms with van der Waals surface area (Å²) >= 11 is 1.29. The number of nitrogens with zero attached hydrogens (tertiary/aromatic N) is 3. The van der Waals surface area contributed by atoms with Crippen molar-refractivity contribution >= 4 is 29.3 Å². The molecule has 0 unspecified atom stereocenters. The molecule has 0 radical (unpaired) electrons. The van der Waals surface area contributed by atoms with Crippen LogP contribution in [0.4, 0.5) is 5.69 Å². The molecule has 2 aromatic carbocycles. The summed E-state index contributed by atoms with van der Waals surface area (Å²) in [5.41, 5.74) is 2.39. The monoisotopic (exact) mass is 481 g/mol. The first-order chi connectivity index (χ1) is 16.3. The zero-order valence-corrected chi connectivity index (χ0v) is 21.0. The fraction of sp³-hybridized carbons (Fsp3) is 0.360. The number of ether oxygens (including phenoxy) is 1. The Bertz CT molecular complexity index is 1110. The number of nitrogens with one attached hydrogen (secondary N) is 2. The van der Waals surface area contributed by atoms with Gasteiger partial charge < -0.3 is 19.9 Å². The van der Waals surface area contributed by atoms with E-state index in [1.54, 1.807) is 12.1 Å². The molecule has 1 heterocycles. The molecule has 0 saturated carbocycles. The summed E-state index contributed by atoms with van der Waals surface area (Å²) in [6, 6.07) is 14.4. The van der Waals surface area contributed by atoms with Gasteiger partial charge in [0.2, 0.25) is 5.91 Å². The average molecular weight is 482 g/mol. The molecule has 0 aliphatic rings. The minimum absolute atomic E-state index is 0.0955. The lowest BCUT2D eigenvalue weighted by molar-refractivity contribution is -0.113. The second-order valence-corrected chi connectivity index (χ2v) is 9.20. The molecule has 0 bridgehead atoms. The molecule has 1 atom stereocenters. The second kappa shape index (κ2) is 11.7. The fourth-order valence-electron chi connectivity index (χ4n) is 3.31. The van der Waals surface area contributed by atoms with E-state index in [1.807, 2.05) is 75.7 Å². The third-order valence-corrected chi connectivity index (χ3v) is 6.22. The molecule has 0 spiro atoms. The number of rotatable bonds is 10. The second-order valence-electron chi connectivity index (χ2n) is 8.26. The van der Waals surface area contributed by atoms with Crippen molar-refractivity contribution in [1.29, 1.82) is 0 Å². The number of hydrogen-bond donors (Lipinski definition) is 2. The molecule has 0 fully saturated rings. The van der Waals surface area contributed by atoms with E-state index in [1.165, 1.54) is 11.8 Å². The van der Waals surface area contributed by atoms with Crippen molar-refractivity contribution in [2.75, 3.05) is 17.7 Å². The molecule has 2 amide bonds. The molecular formula is C25H31N5O3S. The fourth-order valence-corrected chi connectivity index (χ4v) is 4.03. The van der Waals surface area contributed by atoms with Gasteiger partial charge in [0.25, 0.3) is 5.91 Å². The van der Waals surface area contributed by atoms with Gasteiger partial charge in [0.05, 0.1) is 18.4 Å². The van der Waals surface area contributed by atoms with Crippen LogP contribution >= 0.6 is 11.8 Å². The first-order valence-electron chi connectivity index (χ1n) is 11.2. The molecule has 1 aromatic heterocycles. The van der Waals surface area contributed by atoms with Crippen LogP contribution in [-0.2, 0) is 11.8 Å². The predicted octanol–water partition coefficient (Wildman–Crippen LogP) is 4.38. The van der Waals surface area contributed by atoms with Gasteiger partial charge in [-0.1, -0.05) is 43.3 Å². The number of carbonyl (C=O) groups excluding carboxylic acids is 2. The molecule has 8 nitrogen and oxygen atoms in total. The summed E-state index contributed by atoms with van der Waals surface area (Å²) in [5, 5.41) is 15.1. The summed E-state index contributed by atoms with van der Waals surface area (Å²) in [6.45, 7) is 8.54. The van der Waals surface area contributed by atoms with Crippen molar-refractivity contribution in [3.8, 4) is 5.75 Å². The molecular weight excluding hydrogens is 450 g/mol. The Labute approximate surface area is 204 Å². The number of amides is 2. The van der Waals surface area contributed by atoms with Crippen LogP contribution in [0, 0.1) is 12.8 Å². The summed E-state index contributed by atoms with van der Waals surface area (Å²) in [4.78, 5) is 25.2. The van der Waals surface area contributed by atoms with Crippen molar-refractivity contribution in [1.82, 2.24) is 20.1 Å². The largest absolute Gasteiger partial charge is 0.494 e. The number of aryl methyl sites for hydroxylation is 1. The van der Waals surface area contributed by atoms with E-state index in [0.717, 1.165) is 11.3 Å². The first-order valence-corrected chi connectivity index (χ1v) is 12.2. The van der Waals surface area contributed by atoms with Crippen LogP contribution in [0.15, 0.2) is 53.7 Å². The van der Waals surface area contributed by atoms with E-state index in [9.17, 15) is 9.59 Å². The normalized spacial score (nSPS) is 11.8. The maximum Gasteiger partial charge on any atom is 0.251 e. The Morgan fingerprint density at radius 3 is 2.35 bits per heavy atom. The summed E-state index contributed by atoms with van der Waals surface area (Å²) in [7, 11) is 1.84. The van der Waals surface area contributed by atoms with Crippen molar-refractivity contribution in [2.45, 2.75) is 38.9 Å². The van der Waals surface area contributed by atoms with Crippen LogP contribution in [0.25, 0.3) is 0 Å². The smallest absolute Gasteiger partial charge is 0.251 e. The number of thioether (sulfide) groups is 1. The van der Waals surface area contributed by atoms with E-state index in [2.05, 4.69) is 20.8 Å². The highest BCUT2D eigenvalue weighted by Crippen LogP contribution is 2.25. The van der Waals surface area contributed by atoms with E-state index in [4.69, 9.17) is 4.74 Å². The zero-order chi connectivity index (χ0) is 24.7. The van der Waals surface area contributed by atoms with E-state index >= 15 is 0 Å². The van der Waals surface area contributed by atoms with E-state index < -0.39 is 0 Å². The van der Waals surface area contributed by atoms with Gasteiger partial charge in [-0.25, -0.2) is 0 Å². The first kappa shape index (κ1) is 25.3. The molecule has 180 valence electrons. The Hall–Kier alpha value is -3.33. The molecule has 0 saturated heterocycles. The minimum Gasteiger partial charge on any atom is -0.494 e. The Morgan fingerprint density at radius 1 is 1.06 bits per heavy atom. The zero-order valence-electron chi connectivity index (χ0n) is 20.2. The number of anilines is 1. The van der Waals surface area contributed by atoms with Gasteiger partial charge in [-0.3, -0.25) is 9.59 Å². The molecule has 0 aliphatic carbocycles. The lowest BCUT2D eigenvalue weighted by Gasteiger charge is -2.21. The highest BCUT2D eigenvalue weighted by molar-refractivity contribution is 7.99. The van der Waals surface area contributed by atoms with Gasteiger partial charge in [-0.2, -0.15) is 0 Å². The molecule has 34 heavy (non-hydrogen) atoms. The maximum atomic E-state index is 12.8. The lowest BCUT2D eigenvalue weighted by Crippen LogP contribution is -2.33. The predicted molar refractivity (Wildman–Crippen MR) is 134 cm³/mol. The minimum atomic E-state index is -0.321.